The second kappa shape index (κ2) is 14.6. The SMILES string of the molecule is O=C(CNCCN1CCCC1)Nc1ccc(Oc2cccc3c2N(C(=O)CCCCN2CCCC2)CCC3)cc1. The van der Waals surface area contributed by atoms with Gasteiger partial charge in [0, 0.05) is 31.7 Å². The van der Waals surface area contributed by atoms with Gasteiger partial charge in [-0.3, -0.25) is 9.59 Å². The van der Waals surface area contributed by atoms with Gasteiger partial charge in [-0.1, -0.05) is 12.1 Å². The number of nitrogens with zero attached hydrogens (tertiary/aromatic N) is 3. The maximum Gasteiger partial charge on any atom is 0.238 e. The van der Waals surface area contributed by atoms with E-state index in [1.54, 1.807) is 0 Å². The highest BCUT2D eigenvalue weighted by Gasteiger charge is 2.26. The van der Waals surface area contributed by atoms with Crippen LogP contribution in [0.5, 0.6) is 11.5 Å². The van der Waals surface area contributed by atoms with E-state index >= 15 is 0 Å². The van der Waals surface area contributed by atoms with Crippen LogP contribution in [0.3, 0.4) is 0 Å². The van der Waals surface area contributed by atoms with Crippen LogP contribution in [-0.4, -0.2) is 80.5 Å². The molecule has 3 aliphatic heterocycles. The fourth-order valence-corrected chi connectivity index (χ4v) is 6.08. The third-order valence-corrected chi connectivity index (χ3v) is 8.25. The van der Waals surface area contributed by atoms with Crippen LogP contribution in [0, 0.1) is 0 Å². The number of fused-ring (bicyclic) bond motifs is 1. The lowest BCUT2D eigenvalue weighted by Crippen LogP contribution is -2.35. The first-order valence-corrected chi connectivity index (χ1v) is 15.3. The zero-order valence-corrected chi connectivity index (χ0v) is 23.8. The molecule has 8 heteroatoms. The van der Waals surface area contributed by atoms with E-state index < -0.39 is 0 Å². The number of anilines is 2. The van der Waals surface area contributed by atoms with E-state index in [1.807, 2.05) is 41.3 Å². The number of carbonyl (C=O) groups is 2. The molecule has 0 aromatic heterocycles. The summed E-state index contributed by atoms with van der Waals surface area (Å²) in [4.78, 5) is 32.5. The number of para-hydroxylation sites is 1. The van der Waals surface area contributed by atoms with Crippen molar-refractivity contribution < 1.29 is 14.3 Å². The molecule has 0 aliphatic carbocycles. The highest BCUT2D eigenvalue weighted by molar-refractivity contribution is 5.96. The van der Waals surface area contributed by atoms with E-state index in [2.05, 4.69) is 26.5 Å². The molecule has 5 rings (SSSR count). The fourth-order valence-electron chi connectivity index (χ4n) is 6.08. The number of rotatable bonds is 13. The van der Waals surface area contributed by atoms with Crippen LogP contribution in [0.1, 0.15) is 56.9 Å². The Kier molecular flexibility index (Phi) is 10.4. The van der Waals surface area contributed by atoms with Crippen molar-refractivity contribution in [1.29, 1.82) is 0 Å². The number of ether oxygens (including phenoxy) is 1. The quantitative estimate of drug-likeness (QED) is 0.356. The Balaban J connectivity index is 1.12. The molecule has 40 heavy (non-hydrogen) atoms. The molecule has 0 saturated carbocycles. The first-order chi connectivity index (χ1) is 19.7. The van der Waals surface area contributed by atoms with E-state index in [0.29, 0.717) is 24.5 Å². The predicted octanol–water partition coefficient (Wildman–Crippen LogP) is 4.65. The number of benzene rings is 2. The van der Waals surface area contributed by atoms with Crippen LogP contribution >= 0.6 is 0 Å². The number of likely N-dealkylation sites (tertiary alicyclic amines) is 2. The van der Waals surface area contributed by atoms with Crippen LogP contribution in [0.2, 0.25) is 0 Å². The Hall–Kier alpha value is -2.94. The summed E-state index contributed by atoms with van der Waals surface area (Å²) in [6.45, 7) is 8.69. The summed E-state index contributed by atoms with van der Waals surface area (Å²) in [5.41, 5.74) is 2.81. The van der Waals surface area contributed by atoms with Gasteiger partial charge in [0.05, 0.1) is 12.2 Å². The molecular formula is C32H45N5O3. The van der Waals surface area contributed by atoms with E-state index in [9.17, 15) is 9.59 Å². The number of hydrogen-bond donors (Lipinski definition) is 2. The number of carbonyl (C=O) groups excluding carboxylic acids is 2. The third kappa shape index (κ3) is 8.05. The van der Waals surface area contributed by atoms with Gasteiger partial charge in [0.1, 0.15) is 5.75 Å². The Morgan fingerprint density at radius 2 is 1.52 bits per heavy atom. The molecule has 0 spiro atoms. The maximum absolute atomic E-state index is 13.3. The van der Waals surface area contributed by atoms with Crippen LogP contribution in [0.4, 0.5) is 11.4 Å². The van der Waals surface area contributed by atoms with Crippen LogP contribution in [0.15, 0.2) is 42.5 Å². The summed E-state index contributed by atoms with van der Waals surface area (Å²) >= 11 is 0. The number of unbranched alkanes of at least 4 members (excludes halogenated alkanes) is 1. The van der Waals surface area contributed by atoms with E-state index in [4.69, 9.17) is 4.74 Å². The molecule has 3 aliphatic rings. The van der Waals surface area contributed by atoms with Crippen LogP contribution in [0.25, 0.3) is 0 Å². The summed E-state index contributed by atoms with van der Waals surface area (Å²) in [6, 6.07) is 13.5. The van der Waals surface area contributed by atoms with E-state index in [-0.39, 0.29) is 11.8 Å². The molecule has 2 aromatic rings. The lowest BCUT2D eigenvalue weighted by Gasteiger charge is -2.31. The molecule has 0 unspecified atom stereocenters. The van der Waals surface area contributed by atoms with Crippen molar-refractivity contribution in [1.82, 2.24) is 15.1 Å². The lowest BCUT2D eigenvalue weighted by atomic mass is 10.00. The fraction of sp³-hybridized carbons (Fsp3) is 0.562. The monoisotopic (exact) mass is 547 g/mol. The molecule has 0 atom stereocenters. The van der Waals surface area contributed by atoms with Gasteiger partial charge < -0.3 is 30.1 Å². The lowest BCUT2D eigenvalue weighted by molar-refractivity contribution is -0.119. The maximum atomic E-state index is 13.3. The summed E-state index contributed by atoms with van der Waals surface area (Å²) in [5, 5.41) is 6.18. The normalized spacial score (nSPS) is 17.6. The minimum absolute atomic E-state index is 0.0539. The van der Waals surface area contributed by atoms with Gasteiger partial charge in [0.25, 0.3) is 0 Å². The van der Waals surface area contributed by atoms with Crippen molar-refractivity contribution in [3.05, 3.63) is 48.0 Å². The summed E-state index contributed by atoms with van der Waals surface area (Å²) < 4.78 is 6.31. The van der Waals surface area contributed by atoms with Crippen LogP contribution < -0.4 is 20.3 Å². The van der Waals surface area contributed by atoms with Gasteiger partial charge >= 0.3 is 0 Å². The van der Waals surface area contributed by atoms with Gasteiger partial charge in [-0.15, -0.1) is 0 Å². The molecule has 8 nitrogen and oxygen atoms in total. The van der Waals surface area contributed by atoms with Gasteiger partial charge in [-0.25, -0.2) is 0 Å². The number of hydrogen-bond acceptors (Lipinski definition) is 6. The Bertz CT molecular complexity index is 1110. The van der Waals surface area contributed by atoms with E-state index in [0.717, 1.165) is 68.8 Å². The Morgan fingerprint density at radius 1 is 0.800 bits per heavy atom. The second-order valence-electron chi connectivity index (χ2n) is 11.3. The largest absolute Gasteiger partial charge is 0.455 e. The molecule has 0 bridgehead atoms. The minimum atomic E-state index is -0.0539. The van der Waals surface area contributed by atoms with Gasteiger partial charge in [0.15, 0.2) is 5.75 Å². The molecule has 0 radical (unpaired) electrons. The molecule has 2 saturated heterocycles. The average molecular weight is 548 g/mol. The first-order valence-electron chi connectivity index (χ1n) is 15.3. The molecule has 2 aromatic carbocycles. The second-order valence-corrected chi connectivity index (χ2v) is 11.3. The number of amides is 2. The summed E-state index contributed by atoms with van der Waals surface area (Å²) in [6.07, 6.45) is 9.65. The van der Waals surface area contributed by atoms with Crippen molar-refractivity contribution in [2.24, 2.45) is 0 Å². The van der Waals surface area contributed by atoms with Gasteiger partial charge in [0.2, 0.25) is 11.8 Å². The topological polar surface area (TPSA) is 77.2 Å². The highest BCUT2D eigenvalue weighted by atomic mass is 16.5. The zero-order valence-electron chi connectivity index (χ0n) is 23.8. The average Bonchev–Trinajstić information content (AvgIpc) is 3.69. The van der Waals surface area contributed by atoms with Crippen molar-refractivity contribution in [3.63, 3.8) is 0 Å². The highest BCUT2D eigenvalue weighted by Crippen LogP contribution is 2.39. The molecule has 2 N–H and O–H groups in total. The summed E-state index contributed by atoms with van der Waals surface area (Å²) in [5.74, 6) is 1.52. The molecular weight excluding hydrogens is 502 g/mol. The first kappa shape index (κ1) is 28.6. The van der Waals surface area contributed by atoms with Crippen molar-refractivity contribution in [3.8, 4) is 11.5 Å². The molecule has 2 amide bonds. The van der Waals surface area contributed by atoms with Crippen molar-refractivity contribution in [2.75, 3.05) is 69.1 Å². The number of nitrogens with one attached hydrogen (secondary N) is 2. The van der Waals surface area contributed by atoms with E-state index in [1.165, 1.54) is 51.9 Å². The van der Waals surface area contributed by atoms with Crippen molar-refractivity contribution >= 4 is 23.2 Å². The zero-order chi connectivity index (χ0) is 27.6. The third-order valence-electron chi connectivity index (χ3n) is 8.25. The minimum Gasteiger partial charge on any atom is -0.455 e. The van der Waals surface area contributed by atoms with Crippen LogP contribution in [-0.2, 0) is 16.0 Å². The molecule has 3 heterocycles. The van der Waals surface area contributed by atoms with Crippen molar-refractivity contribution in [2.45, 2.75) is 57.8 Å². The molecule has 216 valence electrons. The Labute approximate surface area is 239 Å². The number of aryl methyl sites for hydroxylation is 1. The Morgan fingerprint density at radius 3 is 2.27 bits per heavy atom. The van der Waals surface area contributed by atoms with Gasteiger partial charge in [-0.05, 0) is 120 Å². The standard InChI is InChI=1S/C32H45N5O3/c38-30(25-33-17-24-36-21-5-6-22-36)34-27-13-15-28(16-14-27)40-29-11-7-9-26-10-8-23-37(32(26)29)31(39)12-1-2-18-35-19-3-4-20-35/h7,9,11,13-16,33H,1-6,8,10,12,17-25H2,(H,34,38). The predicted molar refractivity (Wildman–Crippen MR) is 160 cm³/mol. The molecule has 2 fully saturated rings. The van der Waals surface area contributed by atoms with Gasteiger partial charge in [-0.2, -0.15) is 0 Å². The summed E-state index contributed by atoms with van der Waals surface area (Å²) in [7, 11) is 0. The smallest absolute Gasteiger partial charge is 0.238 e.